The van der Waals surface area contributed by atoms with Crippen LogP contribution in [0.15, 0.2) is 47.5 Å². The number of hydrogen-bond donors (Lipinski definition) is 1. The molecule has 4 rings (SSSR count). The maximum atomic E-state index is 12.5. The Bertz CT molecular complexity index is 1250. The van der Waals surface area contributed by atoms with E-state index in [9.17, 15) is 18.0 Å². The van der Waals surface area contributed by atoms with Gasteiger partial charge in [-0.3, -0.25) is 9.59 Å². The van der Waals surface area contributed by atoms with Gasteiger partial charge in [-0.1, -0.05) is 29.8 Å². The molecule has 9 heteroatoms. The molecule has 1 aliphatic carbocycles. The number of hydrogen-bond acceptors (Lipinski definition) is 5. The van der Waals surface area contributed by atoms with Crippen molar-refractivity contribution in [3.8, 4) is 0 Å². The Morgan fingerprint density at radius 3 is 2.62 bits per heavy atom. The SMILES string of the molecule is CS(=O)(=O)c1cc(NC(=O)Cc2ccccc2Cl)cc2c1cnn2C(=O)C1CC1. The maximum Gasteiger partial charge on any atom is 0.250 e. The highest BCUT2D eigenvalue weighted by Crippen LogP contribution is 2.33. The minimum atomic E-state index is -3.61. The van der Waals surface area contributed by atoms with Crippen molar-refractivity contribution in [2.24, 2.45) is 5.92 Å². The Morgan fingerprint density at radius 1 is 1.24 bits per heavy atom. The molecule has 1 fully saturated rings. The molecule has 29 heavy (non-hydrogen) atoms. The lowest BCUT2D eigenvalue weighted by Crippen LogP contribution is -2.16. The van der Waals surface area contributed by atoms with Gasteiger partial charge in [-0.05, 0) is 36.6 Å². The van der Waals surface area contributed by atoms with Gasteiger partial charge in [0.1, 0.15) is 0 Å². The first-order chi connectivity index (χ1) is 13.7. The van der Waals surface area contributed by atoms with Crippen LogP contribution in [0.25, 0.3) is 10.9 Å². The fourth-order valence-electron chi connectivity index (χ4n) is 3.17. The zero-order valence-corrected chi connectivity index (χ0v) is 17.1. The summed E-state index contributed by atoms with van der Waals surface area (Å²) < 4.78 is 25.8. The molecule has 1 N–H and O–H groups in total. The molecule has 2 aromatic carbocycles. The third-order valence-corrected chi connectivity index (χ3v) is 6.28. The van der Waals surface area contributed by atoms with Crippen LogP contribution in [-0.4, -0.2) is 36.3 Å². The van der Waals surface area contributed by atoms with Crippen LogP contribution >= 0.6 is 11.6 Å². The fraction of sp³-hybridized carbons (Fsp3) is 0.250. The van der Waals surface area contributed by atoms with Gasteiger partial charge in [0.2, 0.25) is 5.91 Å². The van der Waals surface area contributed by atoms with Crippen LogP contribution in [-0.2, 0) is 21.1 Å². The molecule has 0 aliphatic heterocycles. The monoisotopic (exact) mass is 431 g/mol. The number of sulfone groups is 1. The quantitative estimate of drug-likeness (QED) is 0.668. The number of halogens is 1. The molecule has 7 nitrogen and oxygen atoms in total. The van der Waals surface area contributed by atoms with Crippen LogP contribution in [0.3, 0.4) is 0 Å². The number of anilines is 1. The summed E-state index contributed by atoms with van der Waals surface area (Å²) in [6.45, 7) is 0. The lowest BCUT2D eigenvalue weighted by molar-refractivity contribution is -0.115. The molecule has 0 spiro atoms. The van der Waals surface area contributed by atoms with E-state index in [0.29, 0.717) is 21.5 Å². The van der Waals surface area contributed by atoms with E-state index in [1.165, 1.54) is 16.9 Å². The van der Waals surface area contributed by atoms with E-state index < -0.39 is 9.84 Å². The first-order valence-corrected chi connectivity index (χ1v) is 11.3. The van der Waals surface area contributed by atoms with Crippen LogP contribution in [0.5, 0.6) is 0 Å². The third kappa shape index (κ3) is 4.04. The molecule has 0 bridgehead atoms. The van der Waals surface area contributed by atoms with Gasteiger partial charge in [-0.25, -0.2) is 8.42 Å². The van der Waals surface area contributed by atoms with Crippen LogP contribution in [0.4, 0.5) is 5.69 Å². The van der Waals surface area contributed by atoms with Gasteiger partial charge < -0.3 is 5.32 Å². The summed E-state index contributed by atoms with van der Waals surface area (Å²) in [5.41, 5.74) is 1.29. The number of aromatic nitrogens is 2. The van der Waals surface area contributed by atoms with E-state index in [1.807, 2.05) is 0 Å². The summed E-state index contributed by atoms with van der Waals surface area (Å²) in [7, 11) is -3.61. The molecule has 0 radical (unpaired) electrons. The standard InChI is InChI=1S/C20H18ClN3O4S/c1-29(27,28)18-10-14(23-19(25)8-13-4-2-3-5-16(13)21)9-17-15(18)11-22-24(17)20(26)12-6-7-12/h2-5,9-12H,6-8H2,1H3,(H,23,25). The molecule has 3 aromatic rings. The summed E-state index contributed by atoms with van der Waals surface area (Å²) in [6, 6.07) is 9.95. The Kier molecular flexibility index (Phi) is 4.92. The number of amides is 1. The average molecular weight is 432 g/mol. The minimum Gasteiger partial charge on any atom is -0.326 e. The first-order valence-electron chi connectivity index (χ1n) is 9.03. The Labute approximate surface area is 172 Å². The molecule has 0 saturated heterocycles. The van der Waals surface area contributed by atoms with Gasteiger partial charge in [-0.15, -0.1) is 0 Å². The van der Waals surface area contributed by atoms with E-state index in [0.717, 1.165) is 19.1 Å². The number of carbonyl (C=O) groups excluding carboxylic acids is 2. The topological polar surface area (TPSA) is 98.1 Å². The van der Waals surface area contributed by atoms with Crippen LogP contribution in [0.2, 0.25) is 5.02 Å². The van der Waals surface area contributed by atoms with Crippen LogP contribution < -0.4 is 5.32 Å². The van der Waals surface area contributed by atoms with E-state index in [-0.39, 0.29) is 34.7 Å². The predicted octanol–water partition coefficient (Wildman–Crippen LogP) is 3.32. The van der Waals surface area contributed by atoms with Crippen molar-refractivity contribution in [3.63, 3.8) is 0 Å². The highest BCUT2D eigenvalue weighted by molar-refractivity contribution is 7.91. The summed E-state index contributed by atoms with van der Waals surface area (Å²) >= 11 is 6.10. The van der Waals surface area contributed by atoms with E-state index in [1.54, 1.807) is 30.3 Å². The van der Waals surface area contributed by atoms with Gasteiger partial charge in [0.05, 0.1) is 23.0 Å². The van der Waals surface area contributed by atoms with E-state index in [4.69, 9.17) is 11.6 Å². The van der Waals surface area contributed by atoms with Gasteiger partial charge in [0, 0.05) is 28.3 Å². The van der Waals surface area contributed by atoms with Crippen molar-refractivity contribution >= 4 is 49.8 Å². The summed E-state index contributed by atoms with van der Waals surface area (Å²) in [4.78, 5) is 25.0. The van der Waals surface area contributed by atoms with Crippen molar-refractivity contribution in [1.82, 2.24) is 9.78 Å². The summed E-state index contributed by atoms with van der Waals surface area (Å²) in [6.07, 6.45) is 4.09. The van der Waals surface area contributed by atoms with Gasteiger partial charge in [-0.2, -0.15) is 9.78 Å². The van der Waals surface area contributed by atoms with E-state index in [2.05, 4.69) is 10.4 Å². The van der Waals surface area contributed by atoms with Crippen LogP contribution in [0, 0.1) is 5.92 Å². The second kappa shape index (κ2) is 7.27. The molecule has 1 heterocycles. The second-order valence-electron chi connectivity index (χ2n) is 7.16. The van der Waals surface area contributed by atoms with Gasteiger partial charge in [0.25, 0.3) is 5.91 Å². The normalized spacial score (nSPS) is 14.1. The fourth-order valence-corrected chi connectivity index (χ4v) is 4.27. The zero-order chi connectivity index (χ0) is 20.8. The first kappa shape index (κ1) is 19.6. The predicted molar refractivity (Wildman–Crippen MR) is 110 cm³/mol. The lowest BCUT2D eigenvalue weighted by atomic mass is 10.1. The van der Waals surface area contributed by atoms with Crippen molar-refractivity contribution in [2.75, 3.05) is 11.6 Å². The number of nitrogens with zero attached hydrogens (tertiary/aromatic N) is 2. The number of rotatable bonds is 5. The maximum absolute atomic E-state index is 12.5. The highest BCUT2D eigenvalue weighted by atomic mass is 35.5. The molecule has 0 unspecified atom stereocenters. The van der Waals surface area contributed by atoms with Crippen molar-refractivity contribution in [3.05, 3.63) is 53.2 Å². The Balaban J connectivity index is 1.72. The molecule has 1 saturated carbocycles. The largest absolute Gasteiger partial charge is 0.326 e. The number of benzene rings is 2. The summed E-state index contributed by atoms with van der Waals surface area (Å²) in [5.74, 6) is -0.603. The van der Waals surface area contributed by atoms with Gasteiger partial charge >= 0.3 is 0 Å². The van der Waals surface area contributed by atoms with Crippen LogP contribution in [0.1, 0.15) is 23.2 Å². The average Bonchev–Trinajstić information content (AvgIpc) is 3.41. The molecule has 1 amide bonds. The van der Waals surface area contributed by atoms with E-state index >= 15 is 0 Å². The molecular weight excluding hydrogens is 414 g/mol. The molecule has 150 valence electrons. The molecule has 1 aliphatic rings. The number of nitrogens with one attached hydrogen (secondary N) is 1. The lowest BCUT2D eigenvalue weighted by Gasteiger charge is -2.10. The zero-order valence-electron chi connectivity index (χ0n) is 15.6. The third-order valence-electron chi connectivity index (χ3n) is 4.78. The summed E-state index contributed by atoms with van der Waals surface area (Å²) in [5, 5.41) is 7.64. The van der Waals surface area contributed by atoms with Crippen molar-refractivity contribution in [2.45, 2.75) is 24.2 Å². The second-order valence-corrected chi connectivity index (χ2v) is 9.56. The highest BCUT2D eigenvalue weighted by Gasteiger charge is 2.32. The number of fused-ring (bicyclic) bond motifs is 1. The molecule has 0 atom stereocenters. The smallest absolute Gasteiger partial charge is 0.250 e. The van der Waals surface area contributed by atoms with Gasteiger partial charge in [0.15, 0.2) is 9.84 Å². The molecule has 1 aromatic heterocycles. The minimum absolute atomic E-state index is 0.0119. The van der Waals surface area contributed by atoms with Crippen molar-refractivity contribution in [1.29, 1.82) is 0 Å². The molecular formula is C20H18ClN3O4S. The number of carbonyl (C=O) groups is 2. The Morgan fingerprint density at radius 2 is 1.97 bits per heavy atom. The van der Waals surface area contributed by atoms with Crippen molar-refractivity contribution < 1.29 is 18.0 Å². The Hall–Kier alpha value is -2.71.